The molecule has 0 aliphatic heterocycles. The lowest BCUT2D eigenvalue weighted by Gasteiger charge is -2.04. The molecule has 0 spiro atoms. The number of hydrogen-bond donors (Lipinski definition) is 3. The molecule has 0 aliphatic rings. The average molecular weight is 293 g/mol. The summed E-state index contributed by atoms with van der Waals surface area (Å²) in [7, 11) is -7.32. The van der Waals surface area contributed by atoms with E-state index in [0.29, 0.717) is 12.8 Å². The van der Waals surface area contributed by atoms with Crippen LogP contribution in [0.3, 0.4) is 0 Å². The smallest absolute Gasteiger partial charge is 0.225 e. The molecule has 7 nitrogen and oxygen atoms in total. The summed E-state index contributed by atoms with van der Waals surface area (Å²) in [6.07, 6.45) is 1.17. The van der Waals surface area contributed by atoms with Crippen molar-refractivity contribution in [2.24, 2.45) is 10.3 Å². The van der Waals surface area contributed by atoms with Crippen molar-refractivity contribution in [1.82, 2.24) is 4.72 Å². The van der Waals surface area contributed by atoms with Gasteiger partial charge in [-0.15, -0.1) is 0 Å². The van der Waals surface area contributed by atoms with Gasteiger partial charge in [0.15, 0.2) is 0 Å². The predicted octanol–water partition coefficient (Wildman–Crippen LogP) is -0.940. The molecule has 9 heteroatoms. The van der Waals surface area contributed by atoms with Crippen molar-refractivity contribution in [3.05, 3.63) is 29.8 Å². The third kappa shape index (κ3) is 5.56. The standard InChI is InChI=1S/C9H15N3O4S2/c10-17(13,14)9-5-3-8(4-6-9)2-1-7-12-18(11,15)16/h3-6,12H,1-2,7H2,(H2,10,13,14)(H2,11,15,16). The number of rotatable bonds is 6. The molecule has 0 fully saturated rings. The molecular weight excluding hydrogens is 278 g/mol. The molecule has 0 saturated heterocycles. The van der Waals surface area contributed by atoms with Crippen LogP contribution in [-0.2, 0) is 26.7 Å². The fourth-order valence-electron chi connectivity index (χ4n) is 1.35. The number of sulfonamides is 1. The molecule has 0 saturated carbocycles. The molecule has 5 N–H and O–H groups in total. The molecule has 18 heavy (non-hydrogen) atoms. The van der Waals surface area contributed by atoms with Gasteiger partial charge in [0.1, 0.15) is 0 Å². The van der Waals surface area contributed by atoms with Gasteiger partial charge in [-0.25, -0.2) is 23.4 Å². The number of benzene rings is 1. The highest BCUT2D eigenvalue weighted by Crippen LogP contribution is 2.09. The van der Waals surface area contributed by atoms with Gasteiger partial charge in [0.05, 0.1) is 4.90 Å². The van der Waals surface area contributed by atoms with Gasteiger partial charge in [0.25, 0.3) is 10.2 Å². The summed E-state index contributed by atoms with van der Waals surface area (Å²) in [6.45, 7) is 0.232. The van der Waals surface area contributed by atoms with Crippen LogP contribution < -0.4 is 15.0 Å². The zero-order valence-electron chi connectivity index (χ0n) is 9.53. The topological polar surface area (TPSA) is 132 Å². The molecule has 0 aromatic heterocycles. The van der Waals surface area contributed by atoms with E-state index in [9.17, 15) is 16.8 Å². The summed E-state index contributed by atoms with van der Waals surface area (Å²) in [4.78, 5) is 0.0499. The lowest BCUT2D eigenvalue weighted by Crippen LogP contribution is -2.31. The first kappa shape index (κ1) is 15.1. The number of hydrogen-bond acceptors (Lipinski definition) is 4. The van der Waals surface area contributed by atoms with E-state index in [0.717, 1.165) is 5.56 Å². The lowest BCUT2D eigenvalue weighted by molar-refractivity contribution is 0.580. The van der Waals surface area contributed by atoms with E-state index >= 15 is 0 Å². The summed E-state index contributed by atoms with van der Waals surface area (Å²) in [5.41, 5.74) is 0.888. The summed E-state index contributed by atoms with van der Waals surface area (Å²) in [5, 5.41) is 9.72. The monoisotopic (exact) mass is 293 g/mol. The Kier molecular flexibility index (Phi) is 4.82. The van der Waals surface area contributed by atoms with Gasteiger partial charge in [-0.2, -0.15) is 8.42 Å². The molecule has 1 aromatic carbocycles. The molecule has 1 aromatic rings. The highest BCUT2D eigenvalue weighted by molar-refractivity contribution is 7.89. The number of primary sulfonamides is 1. The SMILES string of the molecule is NS(=O)(=O)NCCCc1ccc(S(N)(=O)=O)cc1. The molecule has 1 rings (SSSR count). The zero-order chi connectivity index (χ0) is 13.8. The first-order valence-electron chi connectivity index (χ1n) is 5.07. The second-order valence-electron chi connectivity index (χ2n) is 3.73. The second kappa shape index (κ2) is 5.76. The van der Waals surface area contributed by atoms with E-state index in [4.69, 9.17) is 10.3 Å². The highest BCUT2D eigenvalue weighted by Gasteiger charge is 2.06. The minimum atomic E-state index is -3.67. The Bertz CT molecular complexity index is 593. The Hall–Kier alpha value is -1.00. The molecule has 0 atom stereocenters. The Morgan fingerprint density at radius 2 is 1.56 bits per heavy atom. The van der Waals surface area contributed by atoms with Gasteiger partial charge in [-0.1, -0.05) is 12.1 Å². The second-order valence-corrected chi connectivity index (χ2v) is 6.67. The highest BCUT2D eigenvalue weighted by atomic mass is 32.2. The van der Waals surface area contributed by atoms with Crippen molar-refractivity contribution in [1.29, 1.82) is 0 Å². The average Bonchev–Trinajstić information content (AvgIpc) is 2.22. The fourth-order valence-corrected chi connectivity index (χ4v) is 2.30. The normalized spacial score (nSPS) is 12.6. The minimum absolute atomic E-state index is 0.0499. The molecular formula is C9H15N3O4S2. The van der Waals surface area contributed by atoms with Crippen molar-refractivity contribution in [3.63, 3.8) is 0 Å². The maximum Gasteiger partial charge on any atom is 0.274 e. The van der Waals surface area contributed by atoms with Crippen LogP contribution >= 0.6 is 0 Å². The molecule has 0 aliphatic carbocycles. The van der Waals surface area contributed by atoms with Gasteiger partial charge >= 0.3 is 0 Å². The molecule has 0 bridgehead atoms. The summed E-state index contributed by atoms with van der Waals surface area (Å²) in [6, 6.07) is 6.10. The maximum atomic E-state index is 11.0. The van der Waals surface area contributed by atoms with Gasteiger partial charge < -0.3 is 0 Å². The predicted molar refractivity (Wildman–Crippen MR) is 67.2 cm³/mol. The van der Waals surface area contributed by atoms with E-state index in [1.54, 1.807) is 12.1 Å². The van der Waals surface area contributed by atoms with Crippen molar-refractivity contribution in [2.75, 3.05) is 6.54 Å². The quantitative estimate of drug-likeness (QED) is 0.584. The van der Waals surface area contributed by atoms with E-state index in [2.05, 4.69) is 4.72 Å². The Balaban J connectivity index is 2.50. The van der Waals surface area contributed by atoms with Gasteiger partial charge in [-0.05, 0) is 30.5 Å². The van der Waals surface area contributed by atoms with Crippen LogP contribution in [-0.4, -0.2) is 23.4 Å². The maximum absolute atomic E-state index is 11.0. The van der Waals surface area contributed by atoms with Crippen molar-refractivity contribution in [2.45, 2.75) is 17.7 Å². The first-order chi connectivity index (χ1) is 8.18. The van der Waals surface area contributed by atoms with Gasteiger partial charge in [-0.3, -0.25) is 0 Å². The van der Waals surface area contributed by atoms with Gasteiger partial charge in [0.2, 0.25) is 10.0 Å². The van der Waals surface area contributed by atoms with Crippen LogP contribution in [0.2, 0.25) is 0 Å². The molecule has 0 radical (unpaired) electrons. The number of aryl methyl sites for hydroxylation is 1. The third-order valence-electron chi connectivity index (χ3n) is 2.20. The van der Waals surface area contributed by atoms with Crippen LogP contribution in [0.5, 0.6) is 0 Å². The van der Waals surface area contributed by atoms with Crippen LogP contribution in [0.4, 0.5) is 0 Å². The lowest BCUT2D eigenvalue weighted by atomic mass is 10.1. The first-order valence-corrected chi connectivity index (χ1v) is 8.17. The van der Waals surface area contributed by atoms with Crippen LogP contribution in [0, 0.1) is 0 Å². The van der Waals surface area contributed by atoms with Crippen molar-refractivity contribution < 1.29 is 16.8 Å². The largest absolute Gasteiger partial charge is 0.274 e. The van der Waals surface area contributed by atoms with E-state index in [1.807, 2.05) is 0 Å². The van der Waals surface area contributed by atoms with Crippen LogP contribution in [0.25, 0.3) is 0 Å². The molecule has 0 heterocycles. The molecule has 0 amide bonds. The molecule has 0 unspecified atom stereocenters. The van der Waals surface area contributed by atoms with Crippen molar-refractivity contribution in [3.8, 4) is 0 Å². The summed E-state index contributed by atoms with van der Waals surface area (Å²) in [5.74, 6) is 0. The summed E-state index contributed by atoms with van der Waals surface area (Å²) >= 11 is 0. The van der Waals surface area contributed by atoms with Crippen LogP contribution in [0.1, 0.15) is 12.0 Å². The number of nitrogens with two attached hydrogens (primary N) is 2. The van der Waals surface area contributed by atoms with Crippen molar-refractivity contribution >= 4 is 20.2 Å². The van der Waals surface area contributed by atoms with Crippen LogP contribution in [0.15, 0.2) is 29.2 Å². The third-order valence-corrected chi connectivity index (χ3v) is 3.73. The van der Waals surface area contributed by atoms with E-state index in [-0.39, 0.29) is 11.4 Å². The Morgan fingerprint density at radius 3 is 2.00 bits per heavy atom. The molecule has 102 valence electrons. The van der Waals surface area contributed by atoms with E-state index < -0.39 is 20.2 Å². The van der Waals surface area contributed by atoms with E-state index in [1.165, 1.54) is 12.1 Å². The number of nitrogens with one attached hydrogen (secondary N) is 1. The summed E-state index contributed by atoms with van der Waals surface area (Å²) < 4.78 is 45.3. The fraction of sp³-hybridized carbons (Fsp3) is 0.333. The minimum Gasteiger partial charge on any atom is -0.225 e. The van der Waals surface area contributed by atoms with Gasteiger partial charge in [0, 0.05) is 6.54 Å². The Labute approximate surface area is 106 Å². The Morgan fingerprint density at radius 1 is 1.00 bits per heavy atom. The zero-order valence-corrected chi connectivity index (χ0v) is 11.2.